The Morgan fingerprint density at radius 3 is 2.34 bits per heavy atom. The number of hydrogen-bond donors (Lipinski definition) is 1. The Morgan fingerprint density at radius 1 is 1.00 bits per heavy atom. The number of piperazine rings is 1. The van der Waals surface area contributed by atoms with Crippen LogP contribution in [-0.4, -0.2) is 66.8 Å². The standard InChI is InChI=1S/C20H26ClN3O4S/c1-27-19-8-7-16(15-17(19)21)29(25,26)22-9-10-23-11-13-24(14-12-23)18-5-3-4-6-20(18)28-2/h3-8,15,22H,9-14H2,1-2H3. The van der Waals surface area contributed by atoms with Gasteiger partial charge in [-0.2, -0.15) is 0 Å². The highest BCUT2D eigenvalue weighted by molar-refractivity contribution is 7.89. The van der Waals surface area contributed by atoms with Crippen molar-refractivity contribution in [2.45, 2.75) is 4.90 Å². The third-order valence-corrected chi connectivity index (χ3v) is 6.71. The summed E-state index contributed by atoms with van der Waals surface area (Å²) in [7, 11) is -0.450. The molecule has 2 aromatic carbocycles. The second-order valence-electron chi connectivity index (χ2n) is 6.69. The van der Waals surface area contributed by atoms with E-state index in [2.05, 4.69) is 20.6 Å². The Morgan fingerprint density at radius 2 is 1.69 bits per heavy atom. The van der Waals surface area contributed by atoms with Gasteiger partial charge in [-0.3, -0.25) is 4.90 Å². The molecule has 9 heteroatoms. The van der Waals surface area contributed by atoms with Crippen molar-refractivity contribution in [3.05, 3.63) is 47.5 Å². The van der Waals surface area contributed by atoms with Gasteiger partial charge in [-0.1, -0.05) is 23.7 Å². The zero-order chi connectivity index (χ0) is 20.9. The predicted octanol–water partition coefficient (Wildman–Crippen LogP) is 2.46. The van der Waals surface area contributed by atoms with Gasteiger partial charge in [0.05, 0.1) is 29.8 Å². The van der Waals surface area contributed by atoms with Crippen molar-refractivity contribution in [1.29, 1.82) is 0 Å². The molecule has 29 heavy (non-hydrogen) atoms. The molecule has 158 valence electrons. The number of benzene rings is 2. The third kappa shape index (κ3) is 5.33. The van der Waals surface area contributed by atoms with Crippen LogP contribution in [0.5, 0.6) is 11.5 Å². The highest BCUT2D eigenvalue weighted by Gasteiger charge is 2.20. The Hall–Kier alpha value is -2.00. The van der Waals surface area contributed by atoms with Crippen molar-refractivity contribution in [3.63, 3.8) is 0 Å². The molecule has 0 radical (unpaired) electrons. The molecule has 0 spiro atoms. The molecule has 1 aliphatic heterocycles. The number of hydrogen-bond acceptors (Lipinski definition) is 6. The molecule has 1 N–H and O–H groups in total. The molecule has 1 heterocycles. The molecule has 0 aliphatic carbocycles. The zero-order valence-corrected chi connectivity index (χ0v) is 18.2. The van der Waals surface area contributed by atoms with Crippen molar-refractivity contribution < 1.29 is 17.9 Å². The molecule has 7 nitrogen and oxygen atoms in total. The monoisotopic (exact) mass is 439 g/mol. The Kier molecular flexibility index (Phi) is 7.23. The second-order valence-corrected chi connectivity index (χ2v) is 8.87. The van der Waals surface area contributed by atoms with E-state index in [1.165, 1.54) is 19.2 Å². The summed E-state index contributed by atoms with van der Waals surface area (Å²) in [5.74, 6) is 1.31. The summed E-state index contributed by atoms with van der Waals surface area (Å²) in [4.78, 5) is 4.66. The van der Waals surface area contributed by atoms with Crippen LogP contribution in [0.15, 0.2) is 47.4 Å². The number of nitrogens with one attached hydrogen (secondary N) is 1. The number of anilines is 1. The van der Waals surface area contributed by atoms with Gasteiger partial charge in [0.1, 0.15) is 11.5 Å². The first-order valence-electron chi connectivity index (χ1n) is 9.38. The number of halogens is 1. The van der Waals surface area contributed by atoms with Gasteiger partial charge in [0, 0.05) is 39.3 Å². The molecule has 1 aliphatic rings. The van der Waals surface area contributed by atoms with E-state index in [1.807, 2.05) is 18.2 Å². The molecular formula is C20H26ClN3O4S. The zero-order valence-electron chi connectivity index (χ0n) is 16.6. The van der Waals surface area contributed by atoms with Gasteiger partial charge in [0.15, 0.2) is 0 Å². The minimum absolute atomic E-state index is 0.129. The SMILES string of the molecule is COc1ccc(S(=O)(=O)NCCN2CCN(c3ccccc3OC)CC2)cc1Cl. The maximum Gasteiger partial charge on any atom is 0.240 e. The van der Waals surface area contributed by atoms with Crippen LogP contribution in [0.1, 0.15) is 0 Å². The summed E-state index contributed by atoms with van der Waals surface area (Å²) in [5.41, 5.74) is 1.09. The summed E-state index contributed by atoms with van der Waals surface area (Å²) in [6.07, 6.45) is 0. The molecule has 3 rings (SSSR count). The van der Waals surface area contributed by atoms with Crippen molar-refractivity contribution in [3.8, 4) is 11.5 Å². The lowest BCUT2D eigenvalue weighted by Gasteiger charge is -2.36. The molecule has 0 aromatic heterocycles. The minimum atomic E-state index is -3.61. The van der Waals surface area contributed by atoms with Crippen molar-refractivity contribution >= 4 is 27.3 Å². The van der Waals surface area contributed by atoms with Crippen LogP contribution in [0.25, 0.3) is 0 Å². The summed E-state index contributed by atoms with van der Waals surface area (Å²) in [6, 6.07) is 12.4. The number of ether oxygens (including phenoxy) is 2. The second kappa shape index (κ2) is 9.67. The first-order valence-corrected chi connectivity index (χ1v) is 11.2. The van der Waals surface area contributed by atoms with Crippen molar-refractivity contribution in [1.82, 2.24) is 9.62 Å². The average molecular weight is 440 g/mol. The van der Waals surface area contributed by atoms with Crippen LogP contribution >= 0.6 is 11.6 Å². The van der Waals surface area contributed by atoms with E-state index >= 15 is 0 Å². The number of methoxy groups -OCH3 is 2. The van der Waals surface area contributed by atoms with E-state index in [0.717, 1.165) is 37.6 Å². The van der Waals surface area contributed by atoms with Crippen LogP contribution in [0.4, 0.5) is 5.69 Å². The lowest BCUT2D eigenvalue weighted by Crippen LogP contribution is -2.48. The van der Waals surface area contributed by atoms with E-state index in [4.69, 9.17) is 21.1 Å². The molecule has 0 unspecified atom stereocenters. The summed E-state index contributed by atoms with van der Waals surface area (Å²) in [6.45, 7) is 4.41. The molecular weight excluding hydrogens is 414 g/mol. The lowest BCUT2D eigenvalue weighted by molar-refractivity contribution is 0.261. The van der Waals surface area contributed by atoms with E-state index in [-0.39, 0.29) is 9.92 Å². The summed E-state index contributed by atoms with van der Waals surface area (Å²) in [5, 5.41) is 0.267. The van der Waals surface area contributed by atoms with Gasteiger partial charge in [0.25, 0.3) is 0 Å². The molecule has 2 aromatic rings. The average Bonchev–Trinajstić information content (AvgIpc) is 2.74. The van der Waals surface area contributed by atoms with E-state index in [9.17, 15) is 8.42 Å². The fourth-order valence-electron chi connectivity index (χ4n) is 3.34. The van der Waals surface area contributed by atoms with Crippen molar-refractivity contribution in [2.75, 3.05) is 58.4 Å². The molecule has 1 saturated heterocycles. The fraction of sp³-hybridized carbons (Fsp3) is 0.400. The lowest BCUT2D eigenvalue weighted by atomic mass is 10.2. The van der Waals surface area contributed by atoms with Gasteiger partial charge in [0.2, 0.25) is 10.0 Å². The molecule has 1 fully saturated rings. The molecule has 0 atom stereocenters. The van der Waals surface area contributed by atoms with E-state index < -0.39 is 10.0 Å². The number of sulfonamides is 1. The predicted molar refractivity (Wildman–Crippen MR) is 115 cm³/mol. The first-order chi connectivity index (χ1) is 13.9. The Bertz CT molecular complexity index is 931. The number of nitrogens with zero attached hydrogens (tertiary/aromatic N) is 2. The third-order valence-electron chi connectivity index (χ3n) is 4.95. The van der Waals surface area contributed by atoms with Crippen LogP contribution in [0.2, 0.25) is 5.02 Å². The van der Waals surface area contributed by atoms with Crippen LogP contribution < -0.4 is 19.1 Å². The number of para-hydroxylation sites is 2. The van der Waals surface area contributed by atoms with Gasteiger partial charge in [-0.15, -0.1) is 0 Å². The normalized spacial score (nSPS) is 15.3. The van der Waals surface area contributed by atoms with Crippen LogP contribution in [-0.2, 0) is 10.0 Å². The first kappa shape index (κ1) is 21.7. The smallest absolute Gasteiger partial charge is 0.240 e. The van der Waals surface area contributed by atoms with E-state index in [0.29, 0.717) is 18.8 Å². The maximum atomic E-state index is 12.5. The van der Waals surface area contributed by atoms with Gasteiger partial charge < -0.3 is 14.4 Å². The quantitative estimate of drug-likeness (QED) is 0.681. The highest BCUT2D eigenvalue weighted by Crippen LogP contribution is 2.28. The highest BCUT2D eigenvalue weighted by atomic mass is 35.5. The van der Waals surface area contributed by atoms with Crippen LogP contribution in [0, 0.1) is 0 Å². The largest absolute Gasteiger partial charge is 0.495 e. The fourth-order valence-corrected chi connectivity index (χ4v) is 4.71. The van der Waals surface area contributed by atoms with Crippen molar-refractivity contribution in [2.24, 2.45) is 0 Å². The van der Waals surface area contributed by atoms with E-state index in [1.54, 1.807) is 13.2 Å². The summed E-state index contributed by atoms with van der Waals surface area (Å²) >= 11 is 6.04. The maximum absolute atomic E-state index is 12.5. The molecule has 0 bridgehead atoms. The topological polar surface area (TPSA) is 71.1 Å². The Labute approximate surface area is 177 Å². The molecule has 0 amide bonds. The van der Waals surface area contributed by atoms with Gasteiger partial charge >= 0.3 is 0 Å². The Balaban J connectivity index is 1.50. The molecule has 0 saturated carbocycles. The minimum Gasteiger partial charge on any atom is -0.495 e. The number of rotatable bonds is 8. The summed E-state index contributed by atoms with van der Waals surface area (Å²) < 4.78 is 38.1. The van der Waals surface area contributed by atoms with Crippen LogP contribution in [0.3, 0.4) is 0 Å². The van der Waals surface area contributed by atoms with Gasteiger partial charge in [-0.25, -0.2) is 13.1 Å². The van der Waals surface area contributed by atoms with Gasteiger partial charge in [-0.05, 0) is 30.3 Å².